The molecule has 1 fully saturated rings. The molecular weight excluding hydrogens is 324 g/mol. The van der Waals surface area contributed by atoms with Crippen LogP contribution in [-0.2, 0) is 9.84 Å². The molecule has 1 aliphatic rings. The molecule has 2 rings (SSSR count). The molecule has 1 aromatic rings. The SMILES string of the molecule is CC1CN(C(=O)c2ccc(S(=O)(=O)C(C)C)cc2)CCN1.Cl. The molecule has 0 aliphatic carbocycles. The van der Waals surface area contributed by atoms with Gasteiger partial charge in [0.1, 0.15) is 0 Å². The van der Waals surface area contributed by atoms with Crippen LogP contribution in [0.25, 0.3) is 0 Å². The van der Waals surface area contributed by atoms with Crippen molar-refractivity contribution in [3.05, 3.63) is 29.8 Å². The predicted molar refractivity (Wildman–Crippen MR) is 89.4 cm³/mol. The van der Waals surface area contributed by atoms with Crippen LogP contribution in [0.2, 0.25) is 0 Å². The Morgan fingerprint density at radius 1 is 1.27 bits per heavy atom. The Kier molecular flexibility index (Phi) is 6.40. The highest BCUT2D eigenvalue weighted by Gasteiger charge is 2.23. The third-order valence-corrected chi connectivity index (χ3v) is 5.88. The number of carbonyl (C=O) groups is 1. The van der Waals surface area contributed by atoms with Gasteiger partial charge in [-0.3, -0.25) is 4.79 Å². The lowest BCUT2D eigenvalue weighted by Crippen LogP contribution is -2.51. The van der Waals surface area contributed by atoms with Crippen LogP contribution < -0.4 is 5.32 Å². The first kappa shape index (κ1) is 18.9. The molecule has 0 aromatic heterocycles. The maximum absolute atomic E-state index is 12.4. The third kappa shape index (κ3) is 4.00. The number of sulfone groups is 1. The van der Waals surface area contributed by atoms with Gasteiger partial charge in [0.05, 0.1) is 10.1 Å². The molecule has 1 heterocycles. The molecule has 1 unspecified atom stereocenters. The summed E-state index contributed by atoms with van der Waals surface area (Å²) >= 11 is 0. The summed E-state index contributed by atoms with van der Waals surface area (Å²) in [4.78, 5) is 14.5. The Morgan fingerprint density at radius 3 is 2.36 bits per heavy atom. The second kappa shape index (κ2) is 7.44. The van der Waals surface area contributed by atoms with Crippen molar-refractivity contribution in [2.75, 3.05) is 19.6 Å². The van der Waals surface area contributed by atoms with E-state index in [0.29, 0.717) is 18.7 Å². The van der Waals surface area contributed by atoms with Crippen molar-refractivity contribution in [2.24, 2.45) is 0 Å². The molecule has 1 saturated heterocycles. The Hall–Kier alpha value is -1.11. The minimum atomic E-state index is -3.29. The first-order valence-electron chi connectivity index (χ1n) is 7.19. The number of nitrogens with one attached hydrogen (secondary N) is 1. The molecule has 22 heavy (non-hydrogen) atoms. The summed E-state index contributed by atoms with van der Waals surface area (Å²) in [6.07, 6.45) is 0. The lowest BCUT2D eigenvalue weighted by atomic mass is 10.1. The average molecular weight is 347 g/mol. The van der Waals surface area contributed by atoms with Gasteiger partial charge in [0.2, 0.25) is 0 Å². The zero-order chi connectivity index (χ0) is 15.6. The van der Waals surface area contributed by atoms with Gasteiger partial charge in [0.25, 0.3) is 5.91 Å². The van der Waals surface area contributed by atoms with E-state index in [1.54, 1.807) is 30.9 Å². The van der Waals surface area contributed by atoms with E-state index < -0.39 is 15.1 Å². The topological polar surface area (TPSA) is 66.5 Å². The fraction of sp³-hybridized carbons (Fsp3) is 0.533. The lowest BCUT2D eigenvalue weighted by Gasteiger charge is -2.32. The third-order valence-electron chi connectivity index (χ3n) is 3.71. The molecule has 1 amide bonds. The van der Waals surface area contributed by atoms with Gasteiger partial charge in [-0.1, -0.05) is 0 Å². The highest BCUT2D eigenvalue weighted by Crippen LogP contribution is 2.17. The molecule has 1 aromatic carbocycles. The summed E-state index contributed by atoms with van der Waals surface area (Å²) in [5, 5.41) is 2.82. The molecule has 124 valence electrons. The van der Waals surface area contributed by atoms with Crippen molar-refractivity contribution in [3.8, 4) is 0 Å². The number of amides is 1. The lowest BCUT2D eigenvalue weighted by molar-refractivity contribution is 0.0709. The van der Waals surface area contributed by atoms with E-state index in [1.807, 2.05) is 6.92 Å². The molecule has 5 nitrogen and oxygen atoms in total. The average Bonchev–Trinajstić information content (AvgIpc) is 2.46. The summed E-state index contributed by atoms with van der Waals surface area (Å²) in [5.74, 6) is -0.0446. The van der Waals surface area contributed by atoms with E-state index in [9.17, 15) is 13.2 Å². The van der Waals surface area contributed by atoms with Crippen LogP contribution in [0.1, 0.15) is 31.1 Å². The van der Waals surface area contributed by atoms with Crippen molar-refractivity contribution >= 4 is 28.2 Å². The van der Waals surface area contributed by atoms with E-state index in [4.69, 9.17) is 0 Å². The number of halogens is 1. The van der Waals surface area contributed by atoms with E-state index in [-0.39, 0.29) is 29.3 Å². The monoisotopic (exact) mass is 346 g/mol. The smallest absolute Gasteiger partial charge is 0.253 e. The van der Waals surface area contributed by atoms with Gasteiger partial charge in [-0.15, -0.1) is 12.4 Å². The molecule has 0 spiro atoms. The highest BCUT2D eigenvalue weighted by atomic mass is 35.5. The van der Waals surface area contributed by atoms with Crippen LogP contribution in [0.5, 0.6) is 0 Å². The maximum atomic E-state index is 12.4. The van der Waals surface area contributed by atoms with Gasteiger partial charge in [-0.2, -0.15) is 0 Å². The van der Waals surface area contributed by atoms with Crippen LogP contribution in [0.4, 0.5) is 0 Å². The predicted octanol–water partition coefficient (Wildman–Crippen LogP) is 1.72. The number of hydrogen-bond donors (Lipinski definition) is 1. The van der Waals surface area contributed by atoms with Gasteiger partial charge in [0, 0.05) is 31.2 Å². The second-order valence-corrected chi connectivity index (χ2v) is 8.23. The van der Waals surface area contributed by atoms with Crippen LogP contribution in [0.15, 0.2) is 29.2 Å². The fourth-order valence-electron chi connectivity index (χ4n) is 2.36. The molecule has 0 radical (unpaired) electrons. The Morgan fingerprint density at radius 2 is 1.86 bits per heavy atom. The quantitative estimate of drug-likeness (QED) is 0.905. The molecule has 1 N–H and O–H groups in total. The first-order valence-corrected chi connectivity index (χ1v) is 8.73. The van der Waals surface area contributed by atoms with Crippen molar-refractivity contribution in [1.29, 1.82) is 0 Å². The Labute approximate surface area is 138 Å². The van der Waals surface area contributed by atoms with E-state index in [2.05, 4.69) is 5.32 Å². The zero-order valence-electron chi connectivity index (χ0n) is 13.1. The molecule has 1 aliphatic heterocycles. The minimum Gasteiger partial charge on any atom is -0.336 e. The molecule has 1 atom stereocenters. The summed E-state index contributed by atoms with van der Waals surface area (Å²) in [5.41, 5.74) is 0.534. The number of nitrogens with zero attached hydrogens (tertiary/aromatic N) is 1. The molecule has 0 saturated carbocycles. The van der Waals surface area contributed by atoms with Gasteiger partial charge >= 0.3 is 0 Å². The van der Waals surface area contributed by atoms with Crippen LogP contribution in [0.3, 0.4) is 0 Å². The van der Waals surface area contributed by atoms with E-state index in [0.717, 1.165) is 6.54 Å². The fourth-order valence-corrected chi connectivity index (χ4v) is 3.42. The summed E-state index contributed by atoms with van der Waals surface area (Å²) in [6.45, 7) is 7.47. The van der Waals surface area contributed by atoms with Gasteiger partial charge in [0.15, 0.2) is 9.84 Å². The zero-order valence-corrected chi connectivity index (χ0v) is 14.7. The standard InChI is InChI=1S/C15H22N2O3S.ClH/c1-11(2)21(19,20)14-6-4-13(5-7-14)15(18)17-9-8-16-12(3)10-17;/h4-7,11-12,16H,8-10H2,1-3H3;1H. The van der Waals surface area contributed by atoms with Crippen LogP contribution >= 0.6 is 12.4 Å². The van der Waals surface area contributed by atoms with E-state index >= 15 is 0 Å². The van der Waals surface area contributed by atoms with Crippen molar-refractivity contribution in [3.63, 3.8) is 0 Å². The van der Waals surface area contributed by atoms with E-state index in [1.165, 1.54) is 12.1 Å². The molecular formula is C15H23ClN2O3S. The van der Waals surface area contributed by atoms with Crippen molar-refractivity contribution < 1.29 is 13.2 Å². The van der Waals surface area contributed by atoms with Crippen LogP contribution in [0, 0.1) is 0 Å². The minimum absolute atomic E-state index is 0. The largest absolute Gasteiger partial charge is 0.336 e. The molecule has 7 heteroatoms. The Balaban J connectivity index is 0.00000242. The van der Waals surface area contributed by atoms with Crippen LogP contribution in [-0.4, -0.2) is 50.2 Å². The van der Waals surface area contributed by atoms with Crippen molar-refractivity contribution in [1.82, 2.24) is 10.2 Å². The number of benzene rings is 1. The first-order chi connectivity index (χ1) is 9.82. The number of piperazine rings is 1. The summed E-state index contributed by atoms with van der Waals surface area (Å²) in [7, 11) is -3.29. The highest BCUT2D eigenvalue weighted by molar-refractivity contribution is 7.92. The summed E-state index contributed by atoms with van der Waals surface area (Å²) < 4.78 is 24.1. The Bertz CT molecular complexity index is 614. The normalized spacial score (nSPS) is 18.9. The van der Waals surface area contributed by atoms with Gasteiger partial charge < -0.3 is 10.2 Å². The second-order valence-electron chi connectivity index (χ2n) is 5.72. The maximum Gasteiger partial charge on any atom is 0.253 e. The molecule has 0 bridgehead atoms. The summed E-state index contributed by atoms with van der Waals surface area (Å²) in [6, 6.07) is 6.53. The van der Waals surface area contributed by atoms with Crippen molar-refractivity contribution in [2.45, 2.75) is 37.0 Å². The number of carbonyl (C=O) groups excluding carboxylic acids is 1. The van der Waals surface area contributed by atoms with Gasteiger partial charge in [-0.05, 0) is 45.0 Å². The number of hydrogen-bond acceptors (Lipinski definition) is 4. The van der Waals surface area contributed by atoms with Gasteiger partial charge in [-0.25, -0.2) is 8.42 Å². The number of rotatable bonds is 3.